The fourth-order valence-corrected chi connectivity index (χ4v) is 2.54. The highest BCUT2D eigenvalue weighted by Gasteiger charge is 2.07. The summed E-state index contributed by atoms with van der Waals surface area (Å²) in [5.74, 6) is 0.675. The summed E-state index contributed by atoms with van der Waals surface area (Å²) >= 11 is 0. The number of aryl methyl sites for hydroxylation is 4. The molecule has 1 heterocycles. The first-order valence-corrected chi connectivity index (χ1v) is 7.74. The maximum absolute atomic E-state index is 12.1. The van der Waals surface area contributed by atoms with Crippen LogP contribution in [0.5, 0.6) is 0 Å². The van der Waals surface area contributed by atoms with Crippen LogP contribution in [0.4, 0.5) is 5.69 Å². The van der Waals surface area contributed by atoms with E-state index in [1.54, 1.807) is 0 Å². The Morgan fingerprint density at radius 1 is 1.09 bits per heavy atom. The molecule has 3 rings (SSSR count). The monoisotopic (exact) mass is 308 g/mol. The van der Waals surface area contributed by atoms with Gasteiger partial charge in [-0.3, -0.25) is 4.79 Å². The average Bonchev–Trinajstić information content (AvgIpc) is 2.88. The summed E-state index contributed by atoms with van der Waals surface area (Å²) < 4.78 is 5.46. The third-order valence-corrected chi connectivity index (χ3v) is 3.99. The minimum absolute atomic E-state index is 0.0182. The average molecular weight is 308 g/mol. The minimum atomic E-state index is 0.0182. The van der Waals surface area contributed by atoms with Crippen molar-refractivity contribution in [3.63, 3.8) is 0 Å². The predicted molar refractivity (Wildman–Crippen MR) is 91.6 cm³/mol. The Bertz CT molecular complexity index is 865. The van der Waals surface area contributed by atoms with Gasteiger partial charge in [0.05, 0.1) is 0 Å². The molecule has 0 spiro atoms. The Kier molecular flexibility index (Phi) is 4.15. The normalized spacial score (nSPS) is 10.9. The van der Waals surface area contributed by atoms with Crippen LogP contribution in [0.3, 0.4) is 0 Å². The zero-order chi connectivity index (χ0) is 16.4. The molecule has 0 aliphatic carbocycles. The Balaban J connectivity index is 1.62. The molecular formula is C19H20N2O2. The Morgan fingerprint density at radius 3 is 2.70 bits per heavy atom. The third kappa shape index (κ3) is 3.59. The maximum Gasteiger partial charge on any atom is 0.224 e. The number of carbonyl (C=O) groups excluding carboxylic acids is 1. The number of nitrogens with one attached hydrogen (secondary N) is 1. The van der Waals surface area contributed by atoms with E-state index in [4.69, 9.17) is 4.42 Å². The summed E-state index contributed by atoms with van der Waals surface area (Å²) in [5, 5.41) is 2.95. The molecule has 0 aliphatic heterocycles. The van der Waals surface area contributed by atoms with Crippen molar-refractivity contribution in [2.45, 2.75) is 33.6 Å². The van der Waals surface area contributed by atoms with Crippen molar-refractivity contribution in [1.29, 1.82) is 0 Å². The molecule has 4 nitrogen and oxygen atoms in total. The first-order chi connectivity index (χ1) is 11.0. The molecule has 1 N–H and O–H groups in total. The van der Waals surface area contributed by atoms with E-state index >= 15 is 0 Å². The van der Waals surface area contributed by atoms with Crippen LogP contribution < -0.4 is 5.32 Å². The molecule has 0 saturated heterocycles. The van der Waals surface area contributed by atoms with E-state index in [0.29, 0.717) is 18.7 Å². The molecule has 1 aromatic heterocycles. The van der Waals surface area contributed by atoms with E-state index in [9.17, 15) is 4.79 Å². The van der Waals surface area contributed by atoms with Gasteiger partial charge < -0.3 is 9.73 Å². The number of aromatic nitrogens is 1. The molecule has 0 aliphatic rings. The predicted octanol–water partition coefficient (Wildman–Crippen LogP) is 4.32. The van der Waals surface area contributed by atoms with Gasteiger partial charge in [-0.05, 0) is 61.2 Å². The fourth-order valence-electron chi connectivity index (χ4n) is 2.54. The van der Waals surface area contributed by atoms with Gasteiger partial charge in [0.2, 0.25) is 5.91 Å². The highest BCUT2D eigenvalue weighted by atomic mass is 16.3. The molecule has 0 bridgehead atoms. The molecule has 2 aromatic carbocycles. The maximum atomic E-state index is 12.1. The van der Waals surface area contributed by atoms with Crippen molar-refractivity contribution in [2.75, 3.05) is 5.32 Å². The van der Waals surface area contributed by atoms with E-state index in [1.165, 1.54) is 11.1 Å². The van der Waals surface area contributed by atoms with Crippen molar-refractivity contribution in [3.8, 4) is 0 Å². The van der Waals surface area contributed by atoms with Crippen molar-refractivity contribution >= 4 is 22.7 Å². The van der Waals surface area contributed by atoms with Crippen LogP contribution in [0.15, 0.2) is 40.8 Å². The van der Waals surface area contributed by atoms with Crippen molar-refractivity contribution in [1.82, 2.24) is 4.98 Å². The lowest BCUT2D eigenvalue weighted by atomic mass is 10.1. The van der Waals surface area contributed by atoms with E-state index in [2.05, 4.69) is 17.2 Å². The summed E-state index contributed by atoms with van der Waals surface area (Å²) in [5.41, 5.74) is 5.95. The molecule has 1 amide bonds. The van der Waals surface area contributed by atoms with Crippen LogP contribution in [0, 0.1) is 20.8 Å². The molecular weight excluding hydrogens is 288 g/mol. The molecule has 3 aromatic rings. The van der Waals surface area contributed by atoms with Crippen LogP contribution in [0.2, 0.25) is 0 Å². The van der Waals surface area contributed by atoms with Gasteiger partial charge in [0.25, 0.3) is 0 Å². The Morgan fingerprint density at radius 2 is 1.91 bits per heavy atom. The SMILES string of the molecule is Cc1nc2cc(CCC(=O)Nc3ccc(C)c(C)c3)ccc2o1. The van der Waals surface area contributed by atoms with Gasteiger partial charge in [-0.15, -0.1) is 0 Å². The molecule has 0 fully saturated rings. The van der Waals surface area contributed by atoms with Crippen LogP contribution in [-0.2, 0) is 11.2 Å². The van der Waals surface area contributed by atoms with Gasteiger partial charge in [0.1, 0.15) is 5.52 Å². The first kappa shape index (κ1) is 15.3. The van der Waals surface area contributed by atoms with E-state index in [-0.39, 0.29) is 5.91 Å². The fraction of sp³-hybridized carbons (Fsp3) is 0.263. The number of carbonyl (C=O) groups is 1. The number of benzene rings is 2. The summed E-state index contributed by atoms with van der Waals surface area (Å²) in [6.07, 6.45) is 1.12. The first-order valence-electron chi connectivity index (χ1n) is 7.74. The zero-order valence-electron chi connectivity index (χ0n) is 13.6. The topological polar surface area (TPSA) is 55.1 Å². The van der Waals surface area contributed by atoms with Gasteiger partial charge in [-0.2, -0.15) is 0 Å². The minimum Gasteiger partial charge on any atom is -0.441 e. The number of nitrogens with zero attached hydrogens (tertiary/aromatic N) is 1. The number of oxazole rings is 1. The van der Waals surface area contributed by atoms with Crippen LogP contribution >= 0.6 is 0 Å². The van der Waals surface area contributed by atoms with Crippen molar-refractivity contribution < 1.29 is 9.21 Å². The zero-order valence-corrected chi connectivity index (χ0v) is 13.6. The molecule has 0 unspecified atom stereocenters. The lowest BCUT2D eigenvalue weighted by Gasteiger charge is -2.07. The summed E-state index contributed by atoms with van der Waals surface area (Å²) in [6.45, 7) is 5.93. The third-order valence-electron chi connectivity index (χ3n) is 3.99. The van der Waals surface area contributed by atoms with Gasteiger partial charge >= 0.3 is 0 Å². The number of fused-ring (bicyclic) bond motifs is 1. The quantitative estimate of drug-likeness (QED) is 0.780. The highest BCUT2D eigenvalue weighted by molar-refractivity contribution is 5.91. The Hall–Kier alpha value is -2.62. The van der Waals surface area contributed by atoms with Crippen LogP contribution in [0.1, 0.15) is 29.0 Å². The Labute approximate surface area is 135 Å². The highest BCUT2D eigenvalue weighted by Crippen LogP contribution is 2.18. The smallest absolute Gasteiger partial charge is 0.224 e. The van der Waals surface area contributed by atoms with E-state index < -0.39 is 0 Å². The van der Waals surface area contributed by atoms with E-state index in [1.807, 2.05) is 50.2 Å². The molecule has 4 heteroatoms. The molecule has 0 atom stereocenters. The number of amides is 1. The lowest BCUT2D eigenvalue weighted by Crippen LogP contribution is -2.12. The summed E-state index contributed by atoms with van der Waals surface area (Å²) in [6, 6.07) is 11.8. The second-order valence-corrected chi connectivity index (χ2v) is 5.88. The molecule has 118 valence electrons. The van der Waals surface area contributed by atoms with Crippen molar-refractivity contribution in [3.05, 3.63) is 59.0 Å². The van der Waals surface area contributed by atoms with Gasteiger partial charge in [0.15, 0.2) is 11.5 Å². The second-order valence-electron chi connectivity index (χ2n) is 5.88. The van der Waals surface area contributed by atoms with Crippen LogP contribution in [-0.4, -0.2) is 10.9 Å². The van der Waals surface area contributed by atoms with E-state index in [0.717, 1.165) is 22.4 Å². The number of hydrogen-bond donors (Lipinski definition) is 1. The molecule has 0 radical (unpaired) electrons. The number of anilines is 1. The standard InChI is InChI=1S/C19H20N2O2/c1-12-4-7-16(10-13(12)2)21-19(22)9-6-15-5-8-18-17(11-15)20-14(3)23-18/h4-5,7-8,10-11H,6,9H2,1-3H3,(H,21,22). The van der Waals surface area contributed by atoms with Gasteiger partial charge in [-0.1, -0.05) is 12.1 Å². The largest absolute Gasteiger partial charge is 0.441 e. The lowest BCUT2D eigenvalue weighted by molar-refractivity contribution is -0.116. The summed E-state index contributed by atoms with van der Waals surface area (Å²) in [7, 11) is 0. The summed E-state index contributed by atoms with van der Waals surface area (Å²) in [4.78, 5) is 16.4. The van der Waals surface area contributed by atoms with Crippen LogP contribution in [0.25, 0.3) is 11.1 Å². The second kappa shape index (κ2) is 6.24. The molecule has 0 saturated carbocycles. The number of hydrogen-bond acceptors (Lipinski definition) is 3. The van der Waals surface area contributed by atoms with Gasteiger partial charge in [-0.25, -0.2) is 4.98 Å². The van der Waals surface area contributed by atoms with Crippen molar-refractivity contribution in [2.24, 2.45) is 0 Å². The number of rotatable bonds is 4. The van der Waals surface area contributed by atoms with Gasteiger partial charge in [0, 0.05) is 19.0 Å². The molecule has 23 heavy (non-hydrogen) atoms.